The van der Waals surface area contributed by atoms with Crippen LogP contribution in [-0.2, 0) is 18.5 Å². The Bertz CT molecular complexity index is 1470. The maximum atomic E-state index is 13.2. The van der Waals surface area contributed by atoms with Gasteiger partial charge in [0.15, 0.2) is 5.16 Å². The first kappa shape index (κ1) is 23.2. The highest BCUT2D eigenvalue weighted by atomic mass is 32.2. The highest BCUT2D eigenvalue weighted by Crippen LogP contribution is 2.36. The number of hydrogen-bond donors (Lipinski definition) is 0. The molecule has 0 N–H and O–H groups in total. The first-order chi connectivity index (χ1) is 16.8. The van der Waals surface area contributed by atoms with Gasteiger partial charge in [0.05, 0.1) is 22.3 Å². The molecule has 0 saturated heterocycles. The maximum Gasteiger partial charge on any atom is 0.416 e. The van der Waals surface area contributed by atoms with E-state index in [-0.39, 0.29) is 5.89 Å². The number of fused-ring (bicyclic) bond motifs is 1. The summed E-state index contributed by atoms with van der Waals surface area (Å²) in [5, 5.41) is 13.1. The summed E-state index contributed by atoms with van der Waals surface area (Å²) in [4.78, 5) is 4.54. The quantitative estimate of drug-likeness (QED) is 0.229. The number of aromatic nitrogens is 5. The average molecular weight is 500 g/mol. The van der Waals surface area contributed by atoms with Crippen LogP contribution in [0.15, 0.2) is 62.6 Å². The Kier molecular flexibility index (Phi) is 6.10. The normalized spacial score (nSPS) is 12.0. The Labute approximate surface area is 202 Å². The van der Waals surface area contributed by atoms with Gasteiger partial charge in [0.1, 0.15) is 17.0 Å². The highest BCUT2D eigenvalue weighted by molar-refractivity contribution is 7.98. The molecule has 35 heavy (non-hydrogen) atoms. The summed E-state index contributed by atoms with van der Waals surface area (Å²) >= 11 is 1.33. The van der Waals surface area contributed by atoms with Gasteiger partial charge in [0.25, 0.3) is 5.89 Å². The van der Waals surface area contributed by atoms with Crippen LogP contribution in [0.5, 0.6) is 0 Å². The van der Waals surface area contributed by atoms with E-state index in [4.69, 9.17) is 8.94 Å². The van der Waals surface area contributed by atoms with Crippen molar-refractivity contribution in [2.45, 2.75) is 43.9 Å². The number of hydrogen-bond acceptors (Lipinski definition) is 7. The van der Waals surface area contributed by atoms with Crippen LogP contribution in [0.1, 0.15) is 30.6 Å². The Morgan fingerprint density at radius 2 is 1.86 bits per heavy atom. The van der Waals surface area contributed by atoms with E-state index in [0.29, 0.717) is 51.4 Å². The fourth-order valence-corrected chi connectivity index (χ4v) is 4.66. The number of rotatable bonds is 7. The van der Waals surface area contributed by atoms with Crippen molar-refractivity contribution in [3.8, 4) is 22.7 Å². The summed E-state index contributed by atoms with van der Waals surface area (Å²) in [5.74, 6) is 1.50. The molecule has 0 saturated carbocycles. The smallest absolute Gasteiger partial charge is 0.416 e. The third-order valence-corrected chi connectivity index (χ3v) is 6.36. The van der Waals surface area contributed by atoms with E-state index in [0.717, 1.165) is 24.1 Å². The molecule has 5 rings (SSSR count). The molecule has 7 nitrogen and oxygen atoms in total. The largest absolute Gasteiger partial charge is 0.420 e. The molecule has 0 fully saturated rings. The number of aryl methyl sites for hydroxylation is 2. The molecule has 0 atom stereocenters. The van der Waals surface area contributed by atoms with Gasteiger partial charge in [-0.25, -0.2) is 4.98 Å². The van der Waals surface area contributed by atoms with Crippen LogP contribution in [0.2, 0.25) is 0 Å². The lowest BCUT2D eigenvalue weighted by molar-refractivity contribution is -0.137. The fraction of sp³-hybridized carbons (Fsp3) is 0.250. The molecule has 3 heterocycles. The summed E-state index contributed by atoms with van der Waals surface area (Å²) in [6.07, 6.45) is -3.67. The summed E-state index contributed by atoms with van der Waals surface area (Å²) < 4.78 is 52.7. The maximum absolute atomic E-state index is 13.2. The van der Waals surface area contributed by atoms with Crippen molar-refractivity contribution in [2.75, 3.05) is 0 Å². The van der Waals surface area contributed by atoms with E-state index in [2.05, 4.69) is 20.3 Å². The van der Waals surface area contributed by atoms with E-state index in [1.165, 1.54) is 17.8 Å². The van der Waals surface area contributed by atoms with Crippen LogP contribution in [0.25, 0.3) is 33.7 Å². The first-order valence-corrected chi connectivity index (χ1v) is 11.9. The standard InChI is InChI=1S/C24H20F3N5O2S/c1-3-11-32-18-12-16(24(25,26)27)9-10-17(18)28-23(32)35-13-19-29-30-22(33-19)20-14(2)34-31-21(20)15-7-5-4-6-8-15/h4-10,12H,3,11,13H2,1-2H3. The zero-order valence-corrected chi connectivity index (χ0v) is 19.7. The number of benzene rings is 2. The molecule has 180 valence electrons. The molecule has 2 aromatic carbocycles. The van der Waals surface area contributed by atoms with Crippen LogP contribution in [-0.4, -0.2) is 24.9 Å². The van der Waals surface area contributed by atoms with E-state index < -0.39 is 11.7 Å². The zero-order valence-electron chi connectivity index (χ0n) is 18.8. The Morgan fingerprint density at radius 1 is 1.06 bits per heavy atom. The Hall–Kier alpha value is -3.60. The third-order valence-electron chi connectivity index (χ3n) is 5.40. The second-order valence-corrected chi connectivity index (χ2v) is 8.81. The van der Waals surface area contributed by atoms with Crippen molar-refractivity contribution in [2.24, 2.45) is 0 Å². The molecular weight excluding hydrogens is 479 g/mol. The van der Waals surface area contributed by atoms with Gasteiger partial charge in [-0.1, -0.05) is 54.2 Å². The van der Waals surface area contributed by atoms with E-state index in [1.54, 1.807) is 11.5 Å². The van der Waals surface area contributed by atoms with Gasteiger partial charge in [-0.15, -0.1) is 10.2 Å². The summed E-state index contributed by atoms with van der Waals surface area (Å²) in [6, 6.07) is 13.1. The molecule has 0 radical (unpaired) electrons. The zero-order chi connectivity index (χ0) is 24.6. The van der Waals surface area contributed by atoms with Crippen LogP contribution in [0.4, 0.5) is 13.2 Å². The molecular formula is C24H20F3N5O2S. The minimum Gasteiger partial charge on any atom is -0.420 e. The van der Waals surface area contributed by atoms with E-state index in [1.807, 2.05) is 37.3 Å². The van der Waals surface area contributed by atoms with Crippen LogP contribution in [0, 0.1) is 6.92 Å². The second kappa shape index (κ2) is 9.21. The highest BCUT2D eigenvalue weighted by Gasteiger charge is 2.31. The van der Waals surface area contributed by atoms with Crippen LogP contribution >= 0.6 is 11.8 Å². The van der Waals surface area contributed by atoms with Gasteiger partial charge in [-0.05, 0) is 31.5 Å². The summed E-state index contributed by atoms with van der Waals surface area (Å²) in [7, 11) is 0. The number of thioether (sulfide) groups is 1. The Morgan fingerprint density at radius 3 is 2.60 bits per heavy atom. The minimum absolute atomic E-state index is 0.287. The summed E-state index contributed by atoms with van der Waals surface area (Å²) in [6.45, 7) is 4.27. The lowest BCUT2D eigenvalue weighted by Crippen LogP contribution is -2.05. The lowest BCUT2D eigenvalue weighted by atomic mass is 10.1. The van der Waals surface area contributed by atoms with Gasteiger partial charge < -0.3 is 13.5 Å². The predicted molar refractivity (Wildman–Crippen MR) is 125 cm³/mol. The summed E-state index contributed by atoms with van der Waals surface area (Å²) in [5.41, 5.74) is 2.35. The number of imidazole rings is 1. The molecule has 11 heteroatoms. The predicted octanol–water partition coefficient (Wildman–Crippen LogP) is 6.77. The minimum atomic E-state index is -4.42. The van der Waals surface area contributed by atoms with Crippen molar-refractivity contribution >= 4 is 22.8 Å². The number of alkyl halides is 3. The van der Waals surface area contributed by atoms with Gasteiger partial charge in [-0.3, -0.25) is 0 Å². The van der Waals surface area contributed by atoms with Gasteiger partial charge in [-0.2, -0.15) is 13.2 Å². The second-order valence-electron chi connectivity index (χ2n) is 7.87. The molecule has 3 aromatic heterocycles. The molecule has 0 aliphatic rings. The van der Waals surface area contributed by atoms with Gasteiger partial charge >= 0.3 is 6.18 Å². The van der Waals surface area contributed by atoms with Crippen molar-refractivity contribution < 1.29 is 22.1 Å². The van der Waals surface area contributed by atoms with Crippen molar-refractivity contribution in [3.05, 3.63) is 65.7 Å². The van der Waals surface area contributed by atoms with Crippen molar-refractivity contribution in [1.29, 1.82) is 0 Å². The molecule has 0 bridgehead atoms. The first-order valence-electron chi connectivity index (χ1n) is 10.9. The molecule has 5 aromatic rings. The van der Waals surface area contributed by atoms with Gasteiger partial charge in [0, 0.05) is 12.1 Å². The van der Waals surface area contributed by atoms with Crippen molar-refractivity contribution in [1.82, 2.24) is 24.9 Å². The number of nitrogens with zero attached hydrogens (tertiary/aromatic N) is 5. The van der Waals surface area contributed by atoms with Gasteiger partial charge in [0.2, 0.25) is 5.89 Å². The molecule has 0 spiro atoms. The van der Waals surface area contributed by atoms with E-state index in [9.17, 15) is 13.2 Å². The fourth-order valence-electron chi connectivity index (χ4n) is 3.78. The molecule has 0 aliphatic heterocycles. The van der Waals surface area contributed by atoms with Crippen LogP contribution in [0.3, 0.4) is 0 Å². The average Bonchev–Trinajstić information content (AvgIpc) is 3.55. The SMILES string of the molecule is CCCn1c(SCc2nnc(-c3c(-c4ccccc4)noc3C)o2)nc2ccc(C(F)(F)F)cc21. The molecule has 0 aliphatic carbocycles. The van der Waals surface area contributed by atoms with E-state index >= 15 is 0 Å². The number of halogens is 3. The monoisotopic (exact) mass is 499 g/mol. The lowest BCUT2D eigenvalue weighted by Gasteiger charge is -2.09. The molecule has 0 unspecified atom stereocenters. The van der Waals surface area contributed by atoms with Crippen LogP contribution < -0.4 is 0 Å². The Balaban J connectivity index is 1.41. The molecule has 0 amide bonds. The topological polar surface area (TPSA) is 82.8 Å². The third kappa shape index (κ3) is 4.55. The van der Waals surface area contributed by atoms with Crippen molar-refractivity contribution in [3.63, 3.8) is 0 Å².